The van der Waals surface area contributed by atoms with Crippen molar-refractivity contribution in [3.63, 3.8) is 0 Å². The third kappa shape index (κ3) is 3.36. The smallest absolute Gasteiger partial charge is 0.159 e. The van der Waals surface area contributed by atoms with Crippen LogP contribution in [-0.4, -0.2) is 11.5 Å². The van der Waals surface area contributed by atoms with E-state index in [4.69, 9.17) is 0 Å². The van der Waals surface area contributed by atoms with Crippen LogP contribution in [0.2, 0.25) is 0 Å². The number of hydrogen-bond acceptors (Lipinski definition) is 2. The molecule has 1 N–H and O–H groups in total. The number of hydrogen-bond donors (Lipinski definition) is 1. The third-order valence-corrected chi connectivity index (χ3v) is 3.20. The van der Waals surface area contributed by atoms with Crippen LogP contribution < -0.4 is 5.32 Å². The highest BCUT2D eigenvalue weighted by Crippen LogP contribution is 2.23. The van der Waals surface area contributed by atoms with Gasteiger partial charge in [-0.3, -0.25) is 4.98 Å². The van der Waals surface area contributed by atoms with E-state index in [1.54, 1.807) is 12.3 Å². The third-order valence-electron chi connectivity index (χ3n) is 2.73. The summed E-state index contributed by atoms with van der Waals surface area (Å²) in [6.07, 6.45) is 1.68. The second-order valence-corrected chi connectivity index (χ2v) is 4.98. The Morgan fingerprint density at radius 1 is 1.21 bits per heavy atom. The SMILES string of the molecule is CCNC(c1ccc(F)c(F)c1)c1ccc(Br)cn1. The maximum atomic E-state index is 13.3. The average Bonchev–Trinajstić information content (AvgIpc) is 2.41. The Morgan fingerprint density at radius 3 is 2.58 bits per heavy atom. The van der Waals surface area contributed by atoms with E-state index in [0.717, 1.165) is 16.2 Å². The molecular weight excluding hydrogens is 314 g/mol. The average molecular weight is 327 g/mol. The van der Waals surface area contributed by atoms with E-state index in [0.29, 0.717) is 12.1 Å². The highest BCUT2D eigenvalue weighted by Gasteiger charge is 2.16. The number of halogens is 3. The van der Waals surface area contributed by atoms with Gasteiger partial charge in [-0.1, -0.05) is 13.0 Å². The summed E-state index contributed by atoms with van der Waals surface area (Å²) in [6, 6.07) is 7.36. The zero-order chi connectivity index (χ0) is 13.8. The molecule has 0 saturated carbocycles. The van der Waals surface area contributed by atoms with Gasteiger partial charge in [-0.15, -0.1) is 0 Å². The topological polar surface area (TPSA) is 24.9 Å². The van der Waals surface area contributed by atoms with Crippen molar-refractivity contribution in [3.05, 3.63) is 63.9 Å². The van der Waals surface area contributed by atoms with Crippen molar-refractivity contribution in [2.45, 2.75) is 13.0 Å². The molecule has 0 fully saturated rings. The number of pyridine rings is 1. The standard InChI is InChI=1S/C14H13BrF2N2/c1-2-18-14(13-6-4-10(15)8-19-13)9-3-5-11(16)12(17)7-9/h3-8,14,18H,2H2,1H3. The molecule has 1 aromatic carbocycles. The van der Waals surface area contributed by atoms with Gasteiger partial charge in [0, 0.05) is 10.7 Å². The normalized spacial score (nSPS) is 12.4. The first-order valence-electron chi connectivity index (χ1n) is 5.91. The lowest BCUT2D eigenvalue weighted by molar-refractivity contribution is 0.503. The van der Waals surface area contributed by atoms with E-state index >= 15 is 0 Å². The summed E-state index contributed by atoms with van der Waals surface area (Å²) in [5.74, 6) is -1.69. The summed E-state index contributed by atoms with van der Waals surface area (Å²) in [4.78, 5) is 4.30. The molecule has 1 unspecified atom stereocenters. The largest absolute Gasteiger partial charge is 0.305 e. The predicted molar refractivity (Wildman–Crippen MR) is 73.8 cm³/mol. The highest BCUT2D eigenvalue weighted by atomic mass is 79.9. The van der Waals surface area contributed by atoms with Crippen LogP contribution in [0.4, 0.5) is 8.78 Å². The van der Waals surface area contributed by atoms with Crippen LogP contribution in [0.25, 0.3) is 0 Å². The van der Waals surface area contributed by atoms with E-state index in [2.05, 4.69) is 26.2 Å². The van der Waals surface area contributed by atoms with Crippen LogP contribution in [0.1, 0.15) is 24.2 Å². The summed E-state index contributed by atoms with van der Waals surface area (Å²) in [5, 5.41) is 3.21. The molecule has 5 heteroatoms. The molecule has 1 aromatic heterocycles. The molecule has 100 valence electrons. The van der Waals surface area contributed by atoms with Crippen molar-refractivity contribution < 1.29 is 8.78 Å². The maximum Gasteiger partial charge on any atom is 0.159 e. The Hall–Kier alpha value is -1.33. The summed E-state index contributed by atoms with van der Waals surface area (Å²) < 4.78 is 27.2. The lowest BCUT2D eigenvalue weighted by atomic mass is 10.0. The van der Waals surface area contributed by atoms with Crippen LogP contribution in [0, 0.1) is 11.6 Å². The van der Waals surface area contributed by atoms with E-state index < -0.39 is 11.6 Å². The van der Waals surface area contributed by atoms with Crippen molar-refractivity contribution in [2.75, 3.05) is 6.54 Å². The van der Waals surface area contributed by atoms with E-state index in [9.17, 15) is 8.78 Å². The Bertz CT molecular complexity index is 558. The number of nitrogens with one attached hydrogen (secondary N) is 1. The number of aromatic nitrogens is 1. The van der Waals surface area contributed by atoms with Crippen molar-refractivity contribution in [3.8, 4) is 0 Å². The molecule has 0 aliphatic carbocycles. The minimum atomic E-state index is -0.850. The van der Waals surface area contributed by atoms with Crippen LogP contribution >= 0.6 is 15.9 Å². The summed E-state index contributed by atoms with van der Waals surface area (Å²) in [7, 11) is 0. The molecule has 0 aliphatic rings. The van der Waals surface area contributed by atoms with E-state index in [1.807, 2.05) is 19.1 Å². The van der Waals surface area contributed by atoms with Gasteiger partial charge < -0.3 is 5.32 Å². The fourth-order valence-electron chi connectivity index (χ4n) is 1.85. The lowest BCUT2D eigenvalue weighted by Gasteiger charge is -2.18. The molecule has 0 spiro atoms. The molecular formula is C14H13BrF2N2. The van der Waals surface area contributed by atoms with Gasteiger partial charge in [0.25, 0.3) is 0 Å². The van der Waals surface area contributed by atoms with Crippen LogP contribution in [-0.2, 0) is 0 Å². The molecule has 2 rings (SSSR count). The van der Waals surface area contributed by atoms with Gasteiger partial charge in [-0.05, 0) is 52.3 Å². The molecule has 2 aromatic rings. The van der Waals surface area contributed by atoms with Crippen molar-refractivity contribution in [1.82, 2.24) is 10.3 Å². The Morgan fingerprint density at radius 2 is 2.00 bits per heavy atom. The second-order valence-electron chi connectivity index (χ2n) is 4.07. The molecule has 1 atom stereocenters. The molecule has 0 saturated heterocycles. The summed E-state index contributed by atoms with van der Waals surface area (Å²) in [6.45, 7) is 2.65. The summed E-state index contributed by atoms with van der Waals surface area (Å²) in [5.41, 5.74) is 1.41. The summed E-state index contributed by atoms with van der Waals surface area (Å²) >= 11 is 3.32. The van der Waals surface area contributed by atoms with Crippen LogP contribution in [0.15, 0.2) is 41.0 Å². The van der Waals surface area contributed by atoms with Crippen LogP contribution in [0.5, 0.6) is 0 Å². The van der Waals surface area contributed by atoms with Gasteiger partial charge in [0.1, 0.15) is 0 Å². The molecule has 19 heavy (non-hydrogen) atoms. The monoisotopic (exact) mass is 326 g/mol. The lowest BCUT2D eigenvalue weighted by Crippen LogP contribution is -2.23. The molecule has 0 aliphatic heterocycles. The molecule has 1 heterocycles. The first-order chi connectivity index (χ1) is 9.11. The van der Waals surface area contributed by atoms with Crippen LogP contribution in [0.3, 0.4) is 0 Å². The van der Waals surface area contributed by atoms with E-state index in [-0.39, 0.29) is 6.04 Å². The zero-order valence-corrected chi connectivity index (χ0v) is 11.9. The number of benzene rings is 1. The minimum absolute atomic E-state index is 0.256. The molecule has 0 amide bonds. The van der Waals surface area contributed by atoms with Gasteiger partial charge in [-0.25, -0.2) is 8.78 Å². The Labute approximate surface area is 119 Å². The fraction of sp³-hybridized carbons (Fsp3) is 0.214. The highest BCUT2D eigenvalue weighted by molar-refractivity contribution is 9.10. The Balaban J connectivity index is 2.38. The molecule has 0 bridgehead atoms. The zero-order valence-electron chi connectivity index (χ0n) is 10.3. The van der Waals surface area contributed by atoms with Gasteiger partial charge in [0.05, 0.1) is 11.7 Å². The molecule has 2 nitrogen and oxygen atoms in total. The van der Waals surface area contributed by atoms with E-state index in [1.165, 1.54) is 6.07 Å². The fourth-order valence-corrected chi connectivity index (χ4v) is 2.08. The van der Waals surface area contributed by atoms with Crippen molar-refractivity contribution in [1.29, 1.82) is 0 Å². The van der Waals surface area contributed by atoms with Gasteiger partial charge in [0.2, 0.25) is 0 Å². The van der Waals surface area contributed by atoms with Crippen molar-refractivity contribution >= 4 is 15.9 Å². The van der Waals surface area contributed by atoms with Gasteiger partial charge >= 0.3 is 0 Å². The predicted octanol–water partition coefficient (Wildman–Crippen LogP) is 3.82. The molecule has 0 radical (unpaired) electrons. The first-order valence-corrected chi connectivity index (χ1v) is 6.71. The Kier molecular flexibility index (Phi) is 4.61. The maximum absolute atomic E-state index is 13.3. The number of nitrogens with zero attached hydrogens (tertiary/aromatic N) is 1. The first kappa shape index (κ1) is 14.1. The van der Waals surface area contributed by atoms with Crippen molar-refractivity contribution in [2.24, 2.45) is 0 Å². The quantitative estimate of drug-likeness (QED) is 0.923. The van der Waals surface area contributed by atoms with Gasteiger partial charge in [0.15, 0.2) is 11.6 Å². The minimum Gasteiger partial charge on any atom is -0.305 e. The van der Waals surface area contributed by atoms with Gasteiger partial charge in [-0.2, -0.15) is 0 Å². The number of rotatable bonds is 4. The second kappa shape index (κ2) is 6.21.